The van der Waals surface area contributed by atoms with E-state index < -0.39 is 0 Å². The van der Waals surface area contributed by atoms with E-state index in [1.807, 2.05) is 0 Å². The maximum Gasteiger partial charge on any atom is 0.0594 e. The van der Waals surface area contributed by atoms with E-state index in [-0.39, 0.29) is 0 Å². The van der Waals surface area contributed by atoms with Crippen molar-refractivity contribution in [2.45, 2.75) is 44.8 Å². The van der Waals surface area contributed by atoms with Crippen LogP contribution in [-0.2, 0) is 4.74 Å². The SMILES string of the molecule is CCCNC(CC1CCCO1)c1ccccc1. The summed E-state index contributed by atoms with van der Waals surface area (Å²) in [4.78, 5) is 0. The van der Waals surface area contributed by atoms with Crippen molar-refractivity contribution in [1.29, 1.82) is 0 Å². The molecule has 0 saturated carbocycles. The third-order valence-corrected chi connectivity index (χ3v) is 3.37. The molecule has 0 aromatic heterocycles. The van der Waals surface area contributed by atoms with Crippen LogP contribution in [0.5, 0.6) is 0 Å². The van der Waals surface area contributed by atoms with Gasteiger partial charge in [0.25, 0.3) is 0 Å². The zero-order chi connectivity index (χ0) is 11.9. The summed E-state index contributed by atoms with van der Waals surface area (Å²) in [6, 6.07) is 11.2. The highest BCUT2D eigenvalue weighted by Crippen LogP contribution is 2.25. The van der Waals surface area contributed by atoms with Crippen molar-refractivity contribution in [2.75, 3.05) is 13.2 Å². The third-order valence-electron chi connectivity index (χ3n) is 3.37. The summed E-state index contributed by atoms with van der Waals surface area (Å²) in [7, 11) is 0. The predicted molar refractivity (Wildman–Crippen MR) is 71.1 cm³/mol. The highest BCUT2D eigenvalue weighted by atomic mass is 16.5. The van der Waals surface area contributed by atoms with Crippen molar-refractivity contribution in [3.63, 3.8) is 0 Å². The van der Waals surface area contributed by atoms with E-state index >= 15 is 0 Å². The Morgan fingerprint density at radius 2 is 2.18 bits per heavy atom. The molecule has 17 heavy (non-hydrogen) atoms. The Morgan fingerprint density at radius 1 is 1.35 bits per heavy atom. The van der Waals surface area contributed by atoms with E-state index in [0.717, 1.165) is 19.6 Å². The first-order chi connectivity index (χ1) is 8.40. The minimum atomic E-state index is 0.444. The average Bonchev–Trinajstić information content (AvgIpc) is 2.88. The number of ether oxygens (including phenoxy) is 1. The van der Waals surface area contributed by atoms with E-state index in [1.165, 1.54) is 24.8 Å². The van der Waals surface area contributed by atoms with Crippen LogP contribution >= 0.6 is 0 Å². The minimum Gasteiger partial charge on any atom is -0.378 e. The largest absolute Gasteiger partial charge is 0.378 e. The molecular formula is C15H23NO. The Labute approximate surface area is 104 Å². The fourth-order valence-electron chi connectivity index (χ4n) is 2.43. The van der Waals surface area contributed by atoms with Gasteiger partial charge >= 0.3 is 0 Å². The first kappa shape index (κ1) is 12.6. The zero-order valence-corrected chi connectivity index (χ0v) is 10.7. The monoisotopic (exact) mass is 233 g/mol. The summed E-state index contributed by atoms with van der Waals surface area (Å²) < 4.78 is 5.74. The summed E-state index contributed by atoms with van der Waals surface area (Å²) in [5.74, 6) is 0. The Balaban J connectivity index is 1.97. The normalized spacial score (nSPS) is 21.6. The molecule has 1 heterocycles. The maximum atomic E-state index is 5.74. The van der Waals surface area contributed by atoms with Gasteiger partial charge in [-0.05, 0) is 37.8 Å². The second-order valence-corrected chi connectivity index (χ2v) is 4.79. The van der Waals surface area contributed by atoms with Crippen molar-refractivity contribution >= 4 is 0 Å². The fourth-order valence-corrected chi connectivity index (χ4v) is 2.43. The Morgan fingerprint density at radius 3 is 2.82 bits per heavy atom. The molecule has 0 spiro atoms. The van der Waals surface area contributed by atoms with Gasteiger partial charge in [0, 0.05) is 12.6 Å². The van der Waals surface area contributed by atoms with Crippen LogP contribution in [0.2, 0.25) is 0 Å². The van der Waals surface area contributed by atoms with Crippen molar-refractivity contribution in [2.24, 2.45) is 0 Å². The van der Waals surface area contributed by atoms with Crippen molar-refractivity contribution in [1.82, 2.24) is 5.32 Å². The lowest BCUT2D eigenvalue weighted by atomic mass is 9.99. The predicted octanol–water partition coefficient (Wildman–Crippen LogP) is 3.30. The molecule has 0 amide bonds. The molecule has 1 aromatic rings. The fraction of sp³-hybridized carbons (Fsp3) is 0.600. The van der Waals surface area contributed by atoms with E-state index in [9.17, 15) is 0 Å². The lowest BCUT2D eigenvalue weighted by Gasteiger charge is -2.22. The standard InChI is InChI=1S/C15H23NO/c1-2-10-16-15(12-14-9-6-11-17-14)13-7-4-3-5-8-13/h3-5,7-8,14-16H,2,6,9-12H2,1H3. The third kappa shape index (κ3) is 3.83. The zero-order valence-electron chi connectivity index (χ0n) is 10.7. The highest BCUT2D eigenvalue weighted by molar-refractivity contribution is 5.19. The summed E-state index contributed by atoms with van der Waals surface area (Å²) >= 11 is 0. The average molecular weight is 233 g/mol. The van der Waals surface area contributed by atoms with Gasteiger partial charge in [0.05, 0.1) is 6.10 Å². The number of hydrogen-bond acceptors (Lipinski definition) is 2. The first-order valence-electron chi connectivity index (χ1n) is 6.80. The molecule has 2 unspecified atom stereocenters. The van der Waals surface area contributed by atoms with Gasteiger partial charge in [0.2, 0.25) is 0 Å². The molecule has 94 valence electrons. The van der Waals surface area contributed by atoms with Gasteiger partial charge in [0.15, 0.2) is 0 Å². The topological polar surface area (TPSA) is 21.3 Å². The molecule has 2 nitrogen and oxygen atoms in total. The van der Waals surface area contributed by atoms with Gasteiger partial charge in [-0.15, -0.1) is 0 Å². The minimum absolute atomic E-state index is 0.444. The highest BCUT2D eigenvalue weighted by Gasteiger charge is 2.21. The molecule has 1 N–H and O–H groups in total. The van der Waals surface area contributed by atoms with E-state index in [2.05, 4.69) is 42.6 Å². The van der Waals surface area contributed by atoms with Gasteiger partial charge in [-0.25, -0.2) is 0 Å². The molecule has 2 rings (SSSR count). The van der Waals surface area contributed by atoms with Crippen LogP contribution < -0.4 is 5.32 Å². The molecule has 1 aliphatic rings. The Hall–Kier alpha value is -0.860. The Kier molecular flexibility index (Phi) is 5.02. The molecular weight excluding hydrogens is 210 g/mol. The van der Waals surface area contributed by atoms with Crippen LogP contribution in [-0.4, -0.2) is 19.3 Å². The lowest BCUT2D eigenvalue weighted by molar-refractivity contribution is 0.0946. The second-order valence-electron chi connectivity index (χ2n) is 4.79. The molecule has 0 bridgehead atoms. The molecule has 2 atom stereocenters. The molecule has 1 fully saturated rings. The van der Waals surface area contributed by atoms with E-state index in [1.54, 1.807) is 0 Å². The quantitative estimate of drug-likeness (QED) is 0.814. The summed E-state index contributed by atoms with van der Waals surface area (Å²) in [5.41, 5.74) is 1.39. The van der Waals surface area contributed by atoms with Gasteiger partial charge in [-0.3, -0.25) is 0 Å². The van der Waals surface area contributed by atoms with Crippen LogP contribution in [0.15, 0.2) is 30.3 Å². The van der Waals surface area contributed by atoms with Crippen LogP contribution in [0, 0.1) is 0 Å². The number of hydrogen-bond donors (Lipinski definition) is 1. The van der Waals surface area contributed by atoms with Crippen LogP contribution in [0.1, 0.15) is 44.2 Å². The molecule has 1 aliphatic heterocycles. The molecule has 1 saturated heterocycles. The van der Waals surface area contributed by atoms with Crippen molar-refractivity contribution in [3.05, 3.63) is 35.9 Å². The number of nitrogens with one attached hydrogen (secondary N) is 1. The van der Waals surface area contributed by atoms with Crippen molar-refractivity contribution < 1.29 is 4.74 Å². The molecule has 0 radical (unpaired) electrons. The molecule has 1 aromatic carbocycles. The van der Waals surface area contributed by atoms with Crippen LogP contribution in [0.25, 0.3) is 0 Å². The Bertz CT molecular complexity index is 306. The second kappa shape index (κ2) is 6.77. The summed E-state index contributed by atoms with van der Waals surface area (Å²) in [5, 5.41) is 3.63. The van der Waals surface area contributed by atoms with Crippen LogP contribution in [0.4, 0.5) is 0 Å². The number of benzene rings is 1. The van der Waals surface area contributed by atoms with E-state index in [4.69, 9.17) is 4.74 Å². The van der Waals surface area contributed by atoms with Gasteiger partial charge in [-0.2, -0.15) is 0 Å². The lowest BCUT2D eigenvalue weighted by Crippen LogP contribution is -2.26. The van der Waals surface area contributed by atoms with Gasteiger partial charge in [0.1, 0.15) is 0 Å². The van der Waals surface area contributed by atoms with Gasteiger partial charge < -0.3 is 10.1 Å². The summed E-state index contributed by atoms with van der Waals surface area (Å²) in [6.45, 7) is 4.23. The van der Waals surface area contributed by atoms with E-state index in [0.29, 0.717) is 12.1 Å². The first-order valence-corrected chi connectivity index (χ1v) is 6.80. The molecule has 2 heteroatoms. The van der Waals surface area contributed by atoms with Crippen LogP contribution in [0.3, 0.4) is 0 Å². The molecule has 0 aliphatic carbocycles. The van der Waals surface area contributed by atoms with Gasteiger partial charge in [-0.1, -0.05) is 37.3 Å². The number of rotatable bonds is 6. The smallest absolute Gasteiger partial charge is 0.0594 e. The summed E-state index contributed by atoms with van der Waals surface area (Å²) in [6.07, 6.45) is 5.17. The maximum absolute atomic E-state index is 5.74. The van der Waals surface area contributed by atoms with Crippen molar-refractivity contribution in [3.8, 4) is 0 Å².